The highest BCUT2D eigenvalue weighted by Crippen LogP contribution is 2.27. The summed E-state index contributed by atoms with van der Waals surface area (Å²) >= 11 is 0. The van der Waals surface area contributed by atoms with Crippen LogP contribution in [0, 0.1) is 19.8 Å². The third kappa shape index (κ3) is 6.63. The van der Waals surface area contributed by atoms with Gasteiger partial charge in [0.15, 0.2) is 0 Å². The van der Waals surface area contributed by atoms with E-state index in [1.165, 1.54) is 4.31 Å². The summed E-state index contributed by atoms with van der Waals surface area (Å²) in [6.45, 7) is 7.74. The topological polar surface area (TPSA) is 75.7 Å². The maximum absolute atomic E-state index is 13.6. The number of hydrogen-bond donors (Lipinski definition) is 1. The molecule has 0 spiro atoms. The van der Waals surface area contributed by atoms with Crippen LogP contribution in [0.25, 0.3) is 0 Å². The van der Waals surface area contributed by atoms with Crippen molar-refractivity contribution in [2.75, 3.05) is 18.0 Å². The van der Waals surface area contributed by atoms with E-state index in [4.69, 9.17) is 4.74 Å². The molecule has 0 heterocycles. The molecule has 1 atom stereocenters. The molecule has 3 aromatic rings. The SMILES string of the molecule is COc1ccc(C(CC(C)C)NC(=O)CN(c2ccc(C)c(C)c2)S(=O)(=O)c2ccccc2)cc1. The molecule has 0 saturated carbocycles. The van der Waals surface area contributed by atoms with E-state index >= 15 is 0 Å². The number of methoxy groups -OCH3 is 1. The van der Waals surface area contributed by atoms with Gasteiger partial charge in [0.2, 0.25) is 5.91 Å². The van der Waals surface area contributed by atoms with Crippen LogP contribution in [0.1, 0.15) is 43.0 Å². The summed E-state index contributed by atoms with van der Waals surface area (Å²) in [6, 6.07) is 20.9. The zero-order valence-electron chi connectivity index (χ0n) is 21.0. The second kappa shape index (κ2) is 11.4. The van der Waals surface area contributed by atoms with Gasteiger partial charge in [-0.05, 0) is 79.3 Å². The summed E-state index contributed by atoms with van der Waals surface area (Å²) in [5.74, 6) is 0.689. The highest BCUT2D eigenvalue weighted by molar-refractivity contribution is 7.92. The Balaban J connectivity index is 1.93. The van der Waals surface area contributed by atoms with Crippen molar-refractivity contribution in [1.29, 1.82) is 0 Å². The lowest BCUT2D eigenvalue weighted by molar-refractivity contribution is -0.120. The molecule has 186 valence electrons. The Kier molecular flexibility index (Phi) is 8.57. The van der Waals surface area contributed by atoms with Crippen molar-refractivity contribution in [2.24, 2.45) is 5.92 Å². The summed E-state index contributed by atoms with van der Waals surface area (Å²) in [7, 11) is -2.35. The van der Waals surface area contributed by atoms with Crippen LogP contribution < -0.4 is 14.4 Å². The minimum atomic E-state index is -3.96. The fraction of sp³-hybridized carbons (Fsp3) is 0.321. The molecular weight excluding hydrogens is 460 g/mol. The van der Waals surface area contributed by atoms with Crippen molar-refractivity contribution in [2.45, 2.75) is 45.1 Å². The van der Waals surface area contributed by atoms with Crippen molar-refractivity contribution in [1.82, 2.24) is 5.32 Å². The van der Waals surface area contributed by atoms with E-state index < -0.39 is 10.0 Å². The predicted octanol–water partition coefficient (Wildman–Crippen LogP) is 5.41. The standard InChI is InChI=1S/C28H34N2O4S/c1-20(2)17-27(23-12-15-25(34-5)16-13-23)29-28(31)19-30(24-14-11-21(3)22(4)18-24)35(32,33)26-9-7-6-8-10-26/h6-16,18,20,27H,17,19H2,1-5H3,(H,29,31). The van der Waals surface area contributed by atoms with Gasteiger partial charge in [-0.15, -0.1) is 0 Å². The molecule has 6 nitrogen and oxygen atoms in total. The van der Waals surface area contributed by atoms with Crippen molar-refractivity contribution < 1.29 is 17.9 Å². The number of anilines is 1. The Bertz CT molecular complexity index is 1240. The third-order valence-electron chi connectivity index (χ3n) is 5.96. The quantitative estimate of drug-likeness (QED) is 0.409. The number of benzene rings is 3. The van der Waals surface area contributed by atoms with Gasteiger partial charge in [-0.25, -0.2) is 8.42 Å². The predicted molar refractivity (Wildman–Crippen MR) is 140 cm³/mol. The Hall–Kier alpha value is -3.32. The molecule has 1 N–H and O–H groups in total. The zero-order chi connectivity index (χ0) is 25.6. The van der Waals surface area contributed by atoms with Gasteiger partial charge in [-0.2, -0.15) is 0 Å². The average Bonchev–Trinajstić information content (AvgIpc) is 2.84. The second-order valence-electron chi connectivity index (χ2n) is 9.12. The Morgan fingerprint density at radius 1 is 0.943 bits per heavy atom. The molecule has 0 aliphatic carbocycles. The molecule has 3 aromatic carbocycles. The van der Waals surface area contributed by atoms with E-state index in [-0.39, 0.29) is 23.4 Å². The van der Waals surface area contributed by atoms with Gasteiger partial charge in [0, 0.05) is 0 Å². The maximum atomic E-state index is 13.6. The fourth-order valence-electron chi connectivity index (χ4n) is 3.87. The summed E-state index contributed by atoms with van der Waals surface area (Å²) < 4.78 is 33.6. The summed E-state index contributed by atoms with van der Waals surface area (Å²) in [6.07, 6.45) is 0.715. The van der Waals surface area contributed by atoms with E-state index in [1.54, 1.807) is 49.6 Å². The van der Waals surface area contributed by atoms with E-state index in [9.17, 15) is 13.2 Å². The number of rotatable bonds is 10. The Morgan fingerprint density at radius 2 is 1.60 bits per heavy atom. The zero-order valence-corrected chi connectivity index (χ0v) is 21.8. The van der Waals surface area contributed by atoms with Gasteiger partial charge >= 0.3 is 0 Å². The highest BCUT2D eigenvalue weighted by Gasteiger charge is 2.28. The number of nitrogens with zero attached hydrogens (tertiary/aromatic N) is 1. The molecule has 0 saturated heterocycles. The van der Waals surface area contributed by atoms with E-state index in [0.29, 0.717) is 18.0 Å². The van der Waals surface area contributed by atoms with Crippen LogP contribution in [0.15, 0.2) is 77.7 Å². The van der Waals surface area contributed by atoms with Gasteiger partial charge in [-0.3, -0.25) is 9.10 Å². The van der Waals surface area contributed by atoms with Crippen LogP contribution in [0.3, 0.4) is 0 Å². The Morgan fingerprint density at radius 3 is 2.17 bits per heavy atom. The number of amides is 1. The van der Waals surface area contributed by atoms with Gasteiger partial charge < -0.3 is 10.1 Å². The van der Waals surface area contributed by atoms with E-state index in [0.717, 1.165) is 22.4 Å². The minimum Gasteiger partial charge on any atom is -0.497 e. The summed E-state index contributed by atoms with van der Waals surface area (Å²) in [4.78, 5) is 13.4. The molecule has 0 bridgehead atoms. The molecule has 0 aliphatic heterocycles. The lowest BCUT2D eigenvalue weighted by Gasteiger charge is -2.27. The largest absolute Gasteiger partial charge is 0.497 e. The van der Waals surface area contributed by atoms with Crippen LogP contribution in [0.5, 0.6) is 5.75 Å². The van der Waals surface area contributed by atoms with Crippen LogP contribution in [0.4, 0.5) is 5.69 Å². The van der Waals surface area contributed by atoms with Gasteiger partial charge in [0.25, 0.3) is 10.0 Å². The number of carbonyl (C=O) groups is 1. The van der Waals surface area contributed by atoms with Crippen molar-refractivity contribution in [3.8, 4) is 5.75 Å². The van der Waals surface area contributed by atoms with Crippen LogP contribution in [-0.2, 0) is 14.8 Å². The van der Waals surface area contributed by atoms with E-state index in [2.05, 4.69) is 19.2 Å². The maximum Gasteiger partial charge on any atom is 0.264 e. The molecule has 7 heteroatoms. The average molecular weight is 495 g/mol. The smallest absolute Gasteiger partial charge is 0.264 e. The molecule has 3 rings (SSSR count). The number of nitrogens with one attached hydrogen (secondary N) is 1. The number of carbonyl (C=O) groups excluding carboxylic acids is 1. The number of aryl methyl sites for hydroxylation is 2. The van der Waals surface area contributed by atoms with Crippen LogP contribution >= 0.6 is 0 Å². The second-order valence-corrected chi connectivity index (χ2v) is 11.0. The van der Waals surface area contributed by atoms with Crippen molar-refractivity contribution in [3.05, 3.63) is 89.5 Å². The normalized spacial score (nSPS) is 12.3. The third-order valence-corrected chi connectivity index (χ3v) is 7.75. The first kappa shape index (κ1) is 26.3. The van der Waals surface area contributed by atoms with Crippen LogP contribution in [-0.4, -0.2) is 28.0 Å². The number of sulfonamides is 1. The molecule has 35 heavy (non-hydrogen) atoms. The first-order chi connectivity index (χ1) is 16.6. The van der Waals surface area contributed by atoms with Crippen LogP contribution in [0.2, 0.25) is 0 Å². The fourth-order valence-corrected chi connectivity index (χ4v) is 5.31. The summed E-state index contributed by atoms with van der Waals surface area (Å²) in [5, 5.41) is 3.07. The Labute approximate surface area is 209 Å². The highest BCUT2D eigenvalue weighted by atomic mass is 32.2. The molecule has 0 aliphatic rings. The lowest BCUT2D eigenvalue weighted by atomic mass is 9.97. The molecular formula is C28H34N2O4S. The monoisotopic (exact) mass is 494 g/mol. The first-order valence-corrected chi connectivity index (χ1v) is 13.1. The molecule has 0 fully saturated rings. The van der Waals surface area contributed by atoms with Crippen molar-refractivity contribution >= 4 is 21.6 Å². The molecule has 0 radical (unpaired) electrons. The van der Waals surface area contributed by atoms with E-state index in [1.807, 2.05) is 44.2 Å². The molecule has 0 aromatic heterocycles. The van der Waals surface area contributed by atoms with Crippen molar-refractivity contribution in [3.63, 3.8) is 0 Å². The van der Waals surface area contributed by atoms with Gasteiger partial charge in [0.05, 0.1) is 23.7 Å². The number of hydrogen-bond acceptors (Lipinski definition) is 4. The molecule has 1 unspecified atom stereocenters. The van der Waals surface area contributed by atoms with Gasteiger partial charge in [-0.1, -0.05) is 50.2 Å². The molecule has 1 amide bonds. The first-order valence-electron chi connectivity index (χ1n) is 11.7. The lowest BCUT2D eigenvalue weighted by Crippen LogP contribution is -2.42. The van der Waals surface area contributed by atoms with Gasteiger partial charge in [0.1, 0.15) is 12.3 Å². The summed E-state index contributed by atoms with van der Waals surface area (Å²) in [5.41, 5.74) is 3.40. The minimum absolute atomic E-state index is 0.139. The number of ether oxygens (including phenoxy) is 1.